The van der Waals surface area contributed by atoms with Crippen molar-refractivity contribution in [1.29, 1.82) is 0 Å². The molecule has 0 amide bonds. The van der Waals surface area contributed by atoms with Crippen LogP contribution in [0.5, 0.6) is 17.2 Å². The Kier molecular flexibility index (Phi) is 4.65. The molecule has 1 heterocycles. The van der Waals surface area contributed by atoms with Gasteiger partial charge in [-0.05, 0) is 39.0 Å². The van der Waals surface area contributed by atoms with Crippen molar-refractivity contribution in [1.82, 2.24) is 0 Å². The van der Waals surface area contributed by atoms with Crippen LogP contribution >= 0.6 is 0 Å². The highest BCUT2D eigenvalue weighted by Gasteiger charge is 2.70. The SMILES string of the molecule is COc1cc(OC)c2c(c1)OC(=O)[C@@]1(C(=O)OC(C)(C)C)CC(C(C)C)[C@@H]21. The standard InChI is InChI=1S/C21H28O6/c1-11(2)13-10-21(19(23)27-20(3,4)5)17(13)16-14(25-7)8-12(24-6)9-15(16)26-18(21)22/h8-9,11,13,17H,10H2,1-7H3/t13?,17-,21+/m0/s1. The van der Waals surface area contributed by atoms with E-state index >= 15 is 0 Å². The topological polar surface area (TPSA) is 71.1 Å². The van der Waals surface area contributed by atoms with E-state index in [1.54, 1.807) is 40.0 Å². The van der Waals surface area contributed by atoms with Crippen LogP contribution in [0.15, 0.2) is 12.1 Å². The zero-order chi connectivity index (χ0) is 20.1. The third-order valence-electron chi connectivity index (χ3n) is 5.55. The zero-order valence-electron chi connectivity index (χ0n) is 17.0. The molecule has 27 heavy (non-hydrogen) atoms. The minimum atomic E-state index is -1.32. The summed E-state index contributed by atoms with van der Waals surface area (Å²) in [6, 6.07) is 3.43. The molecule has 1 fully saturated rings. The van der Waals surface area contributed by atoms with Gasteiger partial charge in [0.1, 0.15) is 22.8 Å². The number of hydrogen-bond acceptors (Lipinski definition) is 6. The second-order valence-corrected chi connectivity index (χ2v) is 8.69. The molecule has 1 unspecified atom stereocenters. The quantitative estimate of drug-likeness (QED) is 0.453. The van der Waals surface area contributed by atoms with E-state index in [-0.39, 0.29) is 17.8 Å². The molecule has 0 bridgehead atoms. The van der Waals surface area contributed by atoms with E-state index in [2.05, 4.69) is 13.8 Å². The monoisotopic (exact) mass is 376 g/mol. The van der Waals surface area contributed by atoms with Crippen LogP contribution in [-0.2, 0) is 14.3 Å². The fourth-order valence-electron chi connectivity index (χ4n) is 4.22. The predicted octanol–water partition coefficient (Wildman–Crippen LogP) is 3.71. The Morgan fingerprint density at radius 3 is 2.41 bits per heavy atom. The molecule has 148 valence electrons. The van der Waals surface area contributed by atoms with Gasteiger partial charge in [0.15, 0.2) is 5.41 Å². The van der Waals surface area contributed by atoms with Gasteiger partial charge >= 0.3 is 11.9 Å². The van der Waals surface area contributed by atoms with Crippen molar-refractivity contribution in [3.8, 4) is 17.2 Å². The Balaban J connectivity index is 2.16. The molecule has 1 aliphatic carbocycles. The van der Waals surface area contributed by atoms with Crippen LogP contribution in [0.3, 0.4) is 0 Å². The Morgan fingerprint density at radius 1 is 1.22 bits per heavy atom. The van der Waals surface area contributed by atoms with E-state index in [4.69, 9.17) is 18.9 Å². The number of benzene rings is 1. The van der Waals surface area contributed by atoms with Gasteiger partial charge in [-0.3, -0.25) is 9.59 Å². The van der Waals surface area contributed by atoms with E-state index in [1.807, 2.05) is 0 Å². The number of fused-ring (bicyclic) bond motifs is 3. The Labute approximate surface area is 160 Å². The largest absolute Gasteiger partial charge is 0.496 e. The highest BCUT2D eigenvalue weighted by Crippen LogP contribution is 2.66. The summed E-state index contributed by atoms with van der Waals surface area (Å²) in [6.07, 6.45) is 0.414. The van der Waals surface area contributed by atoms with Crippen LogP contribution in [0.4, 0.5) is 0 Å². The normalized spacial score (nSPS) is 26.4. The molecule has 2 aliphatic rings. The van der Waals surface area contributed by atoms with Crippen molar-refractivity contribution in [3.05, 3.63) is 17.7 Å². The van der Waals surface area contributed by atoms with E-state index < -0.39 is 23.0 Å². The van der Waals surface area contributed by atoms with Gasteiger partial charge in [0, 0.05) is 23.6 Å². The molecule has 1 saturated carbocycles. The average Bonchev–Trinajstić information content (AvgIpc) is 2.52. The molecule has 1 aliphatic heterocycles. The maximum absolute atomic E-state index is 13.1. The lowest BCUT2D eigenvalue weighted by Crippen LogP contribution is -2.62. The predicted molar refractivity (Wildman–Crippen MR) is 99.1 cm³/mol. The van der Waals surface area contributed by atoms with Crippen LogP contribution in [0.2, 0.25) is 0 Å². The molecule has 6 heteroatoms. The lowest BCUT2D eigenvalue weighted by atomic mass is 9.48. The van der Waals surface area contributed by atoms with Gasteiger partial charge in [-0.15, -0.1) is 0 Å². The molecule has 0 saturated heterocycles. The van der Waals surface area contributed by atoms with Crippen molar-refractivity contribution in [3.63, 3.8) is 0 Å². The maximum Gasteiger partial charge on any atom is 0.329 e. The number of hydrogen-bond donors (Lipinski definition) is 0. The van der Waals surface area contributed by atoms with Gasteiger partial charge < -0.3 is 18.9 Å². The summed E-state index contributed by atoms with van der Waals surface area (Å²) in [5.41, 5.74) is -1.27. The molecule has 1 aromatic carbocycles. The lowest BCUT2D eigenvalue weighted by Gasteiger charge is -2.55. The summed E-state index contributed by atoms with van der Waals surface area (Å²) in [7, 11) is 3.10. The third kappa shape index (κ3) is 2.95. The number of carbonyl (C=O) groups excluding carboxylic acids is 2. The third-order valence-corrected chi connectivity index (χ3v) is 5.55. The summed E-state index contributed by atoms with van der Waals surface area (Å²) >= 11 is 0. The van der Waals surface area contributed by atoms with E-state index in [1.165, 1.54) is 7.11 Å². The molecule has 0 N–H and O–H groups in total. The van der Waals surface area contributed by atoms with Crippen LogP contribution < -0.4 is 14.2 Å². The summed E-state index contributed by atoms with van der Waals surface area (Å²) in [5, 5.41) is 0. The molecule has 1 aromatic rings. The van der Waals surface area contributed by atoms with Crippen molar-refractivity contribution in [2.45, 2.75) is 52.6 Å². The zero-order valence-corrected chi connectivity index (χ0v) is 17.0. The smallest absolute Gasteiger partial charge is 0.329 e. The molecule has 6 nitrogen and oxygen atoms in total. The summed E-state index contributed by atoms with van der Waals surface area (Å²) in [5.74, 6) is 0.494. The lowest BCUT2D eigenvalue weighted by molar-refractivity contribution is -0.194. The highest BCUT2D eigenvalue weighted by molar-refractivity contribution is 6.05. The summed E-state index contributed by atoms with van der Waals surface area (Å²) in [6.45, 7) is 9.58. The molecule has 3 atom stereocenters. The van der Waals surface area contributed by atoms with Crippen molar-refractivity contribution >= 4 is 11.9 Å². The molecule has 0 aromatic heterocycles. The van der Waals surface area contributed by atoms with Gasteiger partial charge in [0.2, 0.25) is 0 Å². The molecule has 3 rings (SSSR count). The van der Waals surface area contributed by atoms with Crippen LogP contribution in [0.25, 0.3) is 0 Å². The highest BCUT2D eigenvalue weighted by atomic mass is 16.6. The van der Waals surface area contributed by atoms with Crippen LogP contribution in [0, 0.1) is 17.3 Å². The van der Waals surface area contributed by atoms with Crippen molar-refractivity contribution in [2.24, 2.45) is 17.3 Å². The minimum absolute atomic E-state index is 0.145. The molecular formula is C21H28O6. The van der Waals surface area contributed by atoms with Gasteiger partial charge in [-0.25, -0.2) is 0 Å². The number of methoxy groups -OCH3 is 2. The molecule has 0 radical (unpaired) electrons. The Bertz CT molecular complexity index is 776. The van der Waals surface area contributed by atoms with Gasteiger partial charge in [-0.1, -0.05) is 13.8 Å². The number of esters is 2. The Morgan fingerprint density at radius 2 is 1.89 bits per heavy atom. The molecular weight excluding hydrogens is 348 g/mol. The van der Waals surface area contributed by atoms with Crippen molar-refractivity contribution in [2.75, 3.05) is 14.2 Å². The minimum Gasteiger partial charge on any atom is -0.496 e. The maximum atomic E-state index is 13.1. The average molecular weight is 376 g/mol. The first kappa shape index (κ1) is 19.5. The second kappa shape index (κ2) is 6.43. The van der Waals surface area contributed by atoms with Gasteiger partial charge in [0.05, 0.1) is 14.2 Å². The number of ether oxygens (including phenoxy) is 4. The van der Waals surface area contributed by atoms with E-state index in [0.717, 1.165) is 5.56 Å². The van der Waals surface area contributed by atoms with E-state index in [0.29, 0.717) is 23.7 Å². The molecule has 0 spiro atoms. The fourth-order valence-corrected chi connectivity index (χ4v) is 4.22. The van der Waals surface area contributed by atoms with Gasteiger partial charge in [-0.2, -0.15) is 0 Å². The first-order valence-corrected chi connectivity index (χ1v) is 9.26. The first-order chi connectivity index (χ1) is 12.5. The van der Waals surface area contributed by atoms with Crippen LogP contribution in [0.1, 0.15) is 52.5 Å². The number of carbonyl (C=O) groups is 2. The first-order valence-electron chi connectivity index (χ1n) is 9.26. The fraction of sp³-hybridized carbons (Fsp3) is 0.619. The second-order valence-electron chi connectivity index (χ2n) is 8.69. The summed E-state index contributed by atoms with van der Waals surface area (Å²) in [4.78, 5) is 26.2. The van der Waals surface area contributed by atoms with Crippen LogP contribution in [-0.4, -0.2) is 31.8 Å². The number of rotatable bonds is 4. The Hall–Kier alpha value is -2.24. The van der Waals surface area contributed by atoms with E-state index in [9.17, 15) is 9.59 Å². The van der Waals surface area contributed by atoms with Gasteiger partial charge in [0.25, 0.3) is 0 Å². The van der Waals surface area contributed by atoms with Crippen molar-refractivity contribution < 1.29 is 28.5 Å². The summed E-state index contributed by atoms with van der Waals surface area (Å²) < 4.78 is 22.1.